The van der Waals surface area contributed by atoms with Gasteiger partial charge in [0.05, 0.1) is 43.3 Å². The van der Waals surface area contributed by atoms with E-state index in [0.29, 0.717) is 44.5 Å². The van der Waals surface area contributed by atoms with E-state index in [0.717, 1.165) is 54.7 Å². The first-order chi connectivity index (χ1) is 17.4. The van der Waals surface area contributed by atoms with Gasteiger partial charge in [0.1, 0.15) is 12.4 Å². The van der Waals surface area contributed by atoms with Crippen molar-refractivity contribution in [3.63, 3.8) is 0 Å². The molecule has 5 rings (SSSR count). The van der Waals surface area contributed by atoms with E-state index in [1.54, 1.807) is 20.4 Å². The zero-order valence-corrected chi connectivity index (χ0v) is 21.3. The number of hydrogen-bond acceptors (Lipinski definition) is 8. The molecule has 36 heavy (non-hydrogen) atoms. The van der Waals surface area contributed by atoms with Crippen molar-refractivity contribution in [1.29, 1.82) is 0 Å². The summed E-state index contributed by atoms with van der Waals surface area (Å²) in [6, 6.07) is 2.09. The van der Waals surface area contributed by atoms with Gasteiger partial charge in [0.15, 0.2) is 0 Å². The summed E-state index contributed by atoms with van der Waals surface area (Å²) < 4.78 is 11.7. The number of hydrogen-bond donors (Lipinski definition) is 0. The van der Waals surface area contributed by atoms with E-state index in [-0.39, 0.29) is 23.8 Å². The number of ether oxygens (including phenoxy) is 2. The van der Waals surface area contributed by atoms with Gasteiger partial charge in [-0.2, -0.15) is 0 Å². The maximum Gasteiger partial charge on any atom is 0.225 e. The van der Waals surface area contributed by atoms with Crippen LogP contribution in [-0.2, 0) is 22.6 Å². The van der Waals surface area contributed by atoms with Gasteiger partial charge >= 0.3 is 0 Å². The van der Waals surface area contributed by atoms with Crippen LogP contribution in [0.5, 0.6) is 11.8 Å². The number of aromatic nitrogens is 3. The van der Waals surface area contributed by atoms with Crippen LogP contribution in [-0.4, -0.2) is 82.5 Å². The fraction of sp³-hybridized carbons (Fsp3) is 0.577. The molecule has 0 radical (unpaired) electrons. The van der Waals surface area contributed by atoms with Crippen LogP contribution < -0.4 is 14.4 Å². The van der Waals surface area contributed by atoms with Crippen LogP contribution in [0.1, 0.15) is 43.0 Å². The third-order valence-electron chi connectivity index (χ3n) is 7.56. The van der Waals surface area contributed by atoms with Crippen LogP contribution in [0.25, 0.3) is 0 Å². The Morgan fingerprint density at radius 3 is 2.50 bits per heavy atom. The van der Waals surface area contributed by atoms with Crippen molar-refractivity contribution in [1.82, 2.24) is 24.8 Å². The van der Waals surface area contributed by atoms with Crippen LogP contribution in [0.3, 0.4) is 0 Å². The third-order valence-corrected chi connectivity index (χ3v) is 7.56. The van der Waals surface area contributed by atoms with E-state index in [1.807, 2.05) is 22.9 Å². The summed E-state index contributed by atoms with van der Waals surface area (Å²) in [4.78, 5) is 44.1. The molecule has 0 aromatic carbocycles. The van der Waals surface area contributed by atoms with Gasteiger partial charge in [0, 0.05) is 57.4 Å². The number of fused-ring (bicyclic) bond motifs is 1. The molecule has 0 saturated carbocycles. The molecule has 10 nitrogen and oxygen atoms in total. The van der Waals surface area contributed by atoms with Gasteiger partial charge in [0.25, 0.3) is 0 Å². The highest BCUT2D eigenvalue weighted by atomic mass is 16.5. The monoisotopic (exact) mass is 494 g/mol. The van der Waals surface area contributed by atoms with Crippen LogP contribution in [0.4, 0.5) is 5.69 Å². The van der Waals surface area contributed by atoms with Gasteiger partial charge in [-0.3, -0.25) is 9.59 Å². The molecule has 3 aliphatic heterocycles. The van der Waals surface area contributed by atoms with E-state index in [4.69, 9.17) is 9.47 Å². The Bertz CT molecular complexity index is 1130. The second-order valence-electron chi connectivity index (χ2n) is 9.89. The molecule has 2 saturated heterocycles. The fourth-order valence-corrected chi connectivity index (χ4v) is 5.45. The Kier molecular flexibility index (Phi) is 6.93. The van der Waals surface area contributed by atoms with Gasteiger partial charge < -0.3 is 24.2 Å². The van der Waals surface area contributed by atoms with Gasteiger partial charge in [0.2, 0.25) is 23.6 Å². The molecule has 2 aromatic rings. The molecule has 5 heterocycles. The lowest BCUT2D eigenvalue weighted by Crippen LogP contribution is -2.43. The highest BCUT2D eigenvalue weighted by molar-refractivity contribution is 5.80. The van der Waals surface area contributed by atoms with Gasteiger partial charge in [-0.25, -0.2) is 15.0 Å². The minimum atomic E-state index is -0.0921. The first-order valence-electron chi connectivity index (χ1n) is 12.7. The van der Waals surface area contributed by atoms with Crippen molar-refractivity contribution in [2.24, 2.45) is 5.92 Å². The van der Waals surface area contributed by atoms with E-state index in [9.17, 15) is 9.59 Å². The zero-order chi connectivity index (χ0) is 25.2. The second kappa shape index (κ2) is 10.3. The highest BCUT2D eigenvalue weighted by Gasteiger charge is 2.35. The first kappa shape index (κ1) is 24.3. The van der Waals surface area contributed by atoms with Gasteiger partial charge in [-0.05, 0) is 25.8 Å². The van der Waals surface area contributed by atoms with Crippen molar-refractivity contribution in [3.8, 4) is 11.8 Å². The zero-order valence-electron chi connectivity index (χ0n) is 21.3. The number of piperidine rings is 1. The molecular weight excluding hydrogens is 460 g/mol. The van der Waals surface area contributed by atoms with Crippen molar-refractivity contribution in [2.75, 3.05) is 44.7 Å². The third kappa shape index (κ3) is 4.94. The number of pyridine rings is 1. The average molecular weight is 495 g/mol. The number of anilines is 1. The minimum absolute atomic E-state index is 0.0127. The number of carbonyl (C=O) groups is 2. The summed E-state index contributed by atoms with van der Waals surface area (Å²) >= 11 is 0. The summed E-state index contributed by atoms with van der Waals surface area (Å²) in [6.45, 7) is 7.63. The van der Waals surface area contributed by atoms with Crippen molar-refractivity contribution in [3.05, 3.63) is 35.4 Å². The Morgan fingerprint density at radius 1 is 1.00 bits per heavy atom. The lowest BCUT2D eigenvalue weighted by molar-refractivity contribution is -0.139. The molecule has 0 unspecified atom stereocenters. The molecule has 2 aromatic heterocycles. The van der Waals surface area contributed by atoms with E-state index < -0.39 is 0 Å². The summed E-state index contributed by atoms with van der Waals surface area (Å²) in [5.74, 6) is 1.50. The predicted octanol–water partition coefficient (Wildman–Crippen LogP) is 1.99. The molecule has 0 aliphatic carbocycles. The molecular formula is C26H34N6O4. The lowest BCUT2D eigenvalue weighted by Gasteiger charge is -2.32. The fourth-order valence-electron chi connectivity index (χ4n) is 5.45. The minimum Gasteiger partial charge on any atom is -0.481 e. The normalized spacial score (nSPS) is 20.3. The van der Waals surface area contributed by atoms with E-state index >= 15 is 0 Å². The summed E-state index contributed by atoms with van der Waals surface area (Å²) in [5.41, 5.74) is 4.03. The molecule has 1 atom stereocenters. The number of rotatable bonds is 5. The molecule has 2 amide bonds. The summed E-state index contributed by atoms with van der Waals surface area (Å²) in [7, 11) is 1.63. The number of carbonyl (C=O) groups excluding carboxylic acids is 2. The highest BCUT2D eigenvalue weighted by Crippen LogP contribution is 2.31. The largest absolute Gasteiger partial charge is 0.481 e. The molecule has 192 valence electrons. The lowest BCUT2D eigenvalue weighted by atomic mass is 9.95. The van der Waals surface area contributed by atoms with Crippen LogP contribution in [0.2, 0.25) is 0 Å². The summed E-state index contributed by atoms with van der Waals surface area (Å²) in [6.07, 6.45) is 6.36. The Labute approximate surface area is 211 Å². The number of methoxy groups -OCH3 is 1. The number of likely N-dealkylation sites (tertiary alicyclic amines) is 2. The average Bonchev–Trinajstić information content (AvgIpc) is 3.36. The van der Waals surface area contributed by atoms with E-state index in [1.165, 1.54) is 0 Å². The Hall–Kier alpha value is -3.43. The maximum atomic E-state index is 13.1. The second-order valence-corrected chi connectivity index (χ2v) is 9.89. The molecule has 0 N–H and O–H groups in total. The topological polar surface area (TPSA) is 101 Å². The van der Waals surface area contributed by atoms with Crippen molar-refractivity contribution in [2.45, 2.75) is 52.2 Å². The number of aryl methyl sites for hydroxylation is 1. The first-order valence-corrected chi connectivity index (χ1v) is 12.7. The smallest absolute Gasteiger partial charge is 0.225 e. The van der Waals surface area contributed by atoms with Gasteiger partial charge in [-0.1, -0.05) is 0 Å². The molecule has 3 aliphatic rings. The Balaban J connectivity index is 1.22. The SMILES string of the molecule is COc1ncc(N2CCc3ncnc(O[C@H]4CCN(C(=O)C5CCN(C(C)=O)CC5)C4)c3C2)cc1C. The standard InChI is InChI=1S/C26H34N6O4/c1-17-12-20(13-27-24(17)35-3)31-11-7-23-22(15-31)25(29-16-28-23)36-21-6-10-32(14-21)26(34)19-4-8-30(9-5-19)18(2)33/h12-13,16,19,21H,4-11,14-15H2,1-3H3/t21-/m0/s1. The van der Waals surface area contributed by atoms with Gasteiger partial charge in [-0.15, -0.1) is 0 Å². The molecule has 0 spiro atoms. The van der Waals surface area contributed by atoms with Crippen LogP contribution in [0.15, 0.2) is 18.6 Å². The predicted molar refractivity (Wildman–Crippen MR) is 133 cm³/mol. The van der Waals surface area contributed by atoms with E-state index in [2.05, 4.69) is 25.9 Å². The Morgan fingerprint density at radius 2 is 1.78 bits per heavy atom. The van der Waals surface area contributed by atoms with Crippen molar-refractivity contribution >= 4 is 17.5 Å². The summed E-state index contributed by atoms with van der Waals surface area (Å²) in [5, 5.41) is 0. The quantitative estimate of drug-likeness (QED) is 0.622. The number of nitrogens with zero attached hydrogens (tertiary/aromatic N) is 6. The molecule has 2 fully saturated rings. The van der Waals surface area contributed by atoms with Crippen LogP contribution >= 0.6 is 0 Å². The van der Waals surface area contributed by atoms with Crippen LogP contribution in [0, 0.1) is 12.8 Å². The molecule has 0 bridgehead atoms. The number of amides is 2. The van der Waals surface area contributed by atoms with Crippen molar-refractivity contribution < 1.29 is 19.1 Å². The molecule has 10 heteroatoms. The maximum absolute atomic E-state index is 13.1.